The number of benzene rings is 1. The standard InChI is InChI=1S/C14H18N2O3/c1-14(11-7-4-3-5-8-11)12(17)15-13(18)16(14)9-6-10-19-2/h3-5,7-8H,6,9-10H2,1-2H3,(H,15,17,18). The second kappa shape index (κ2) is 5.40. The Balaban J connectivity index is 2.28. The molecule has 1 aliphatic heterocycles. The number of nitrogens with one attached hydrogen (secondary N) is 1. The maximum absolute atomic E-state index is 12.1. The summed E-state index contributed by atoms with van der Waals surface area (Å²) >= 11 is 0. The molecule has 3 amide bonds. The molecule has 1 N–H and O–H groups in total. The molecule has 0 saturated carbocycles. The number of carbonyl (C=O) groups excluding carboxylic acids is 2. The maximum atomic E-state index is 12.1. The van der Waals surface area contributed by atoms with Crippen molar-refractivity contribution < 1.29 is 14.3 Å². The van der Waals surface area contributed by atoms with E-state index in [0.29, 0.717) is 19.6 Å². The molecule has 0 aliphatic carbocycles. The van der Waals surface area contributed by atoms with E-state index in [0.717, 1.165) is 5.56 Å². The van der Waals surface area contributed by atoms with Gasteiger partial charge in [-0.05, 0) is 18.9 Å². The van der Waals surface area contributed by atoms with Crippen molar-refractivity contribution >= 4 is 11.9 Å². The summed E-state index contributed by atoms with van der Waals surface area (Å²) in [5.74, 6) is -0.277. The van der Waals surface area contributed by atoms with E-state index in [1.54, 1.807) is 18.9 Å². The van der Waals surface area contributed by atoms with E-state index in [1.165, 1.54) is 0 Å². The summed E-state index contributed by atoms with van der Waals surface area (Å²) in [6.45, 7) is 2.81. The molecule has 1 atom stereocenters. The molecule has 5 nitrogen and oxygen atoms in total. The Morgan fingerprint density at radius 1 is 1.26 bits per heavy atom. The van der Waals surface area contributed by atoms with Crippen molar-refractivity contribution in [3.63, 3.8) is 0 Å². The van der Waals surface area contributed by atoms with Gasteiger partial charge >= 0.3 is 6.03 Å². The van der Waals surface area contributed by atoms with Gasteiger partial charge < -0.3 is 9.64 Å². The molecule has 1 fully saturated rings. The van der Waals surface area contributed by atoms with Crippen molar-refractivity contribution in [3.8, 4) is 0 Å². The van der Waals surface area contributed by atoms with Gasteiger partial charge in [0.1, 0.15) is 5.54 Å². The minimum atomic E-state index is -0.938. The van der Waals surface area contributed by atoms with Gasteiger partial charge in [-0.3, -0.25) is 10.1 Å². The zero-order chi connectivity index (χ0) is 13.9. The van der Waals surface area contributed by atoms with Crippen molar-refractivity contribution in [2.75, 3.05) is 20.3 Å². The molecule has 1 unspecified atom stereocenters. The minimum absolute atomic E-state index is 0.277. The Kier molecular flexibility index (Phi) is 3.85. The van der Waals surface area contributed by atoms with Crippen molar-refractivity contribution in [1.82, 2.24) is 10.2 Å². The van der Waals surface area contributed by atoms with Gasteiger partial charge in [-0.1, -0.05) is 30.3 Å². The summed E-state index contributed by atoms with van der Waals surface area (Å²) in [5.41, 5.74) is -0.123. The van der Waals surface area contributed by atoms with Crippen LogP contribution in [0.25, 0.3) is 0 Å². The van der Waals surface area contributed by atoms with Gasteiger partial charge in [-0.2, -0.15) is 0 Å². The van der Waals surface area contributed by atoms with Gasteiger partial charge in [-0.15, -0.1) is 0 Å². The third-order valence-corrected chi connectivity index (χ3v) is 3.51. The van der Waals surface area contributed by atoms with E-state index in [4.69, 9.17) is 4.74 Å². The van der Waals surface area contributed by atoms with Crippen LogP contribution in [-0.2, 0) is 15.1 Å². The lowest BCUT2D eigenvalue weighted by molar-refractivity contribution is -0.126. The average Bonchev–Trinajstić information content (AvgIpc) is 2.64. The molecule has 19 heavy (non-hydrogen) atoms. The monoisotopic (exact) mass is 262 g/mol. The van der Waals surface area contributed by atoms with Crippen LogP contribution in [-0.4, -0.2) is 37.1 Å². The van der Waals surface area contributed by atoms with E-state index in [2.05, 4.69) is 5.32 Å². The zero-order valence-electron chi connectivity index (χ0n) is 11.2. The number of amides is 3. The van der Waals surface area contributed by atoms with E-state index in [1.807, 2.05) is 30.3 Å². The molecule has 0 aromatic heterocycles. The second-order valence-electron chi connectivity index (χ2n) is 4.70. The van der Waals surface area contributed by atoms with Crippen LogP contribution >= 0.6 is 0 Å². The van der Waals surface area contributed by atoms with E-state index < -0.39 is 5.54 Å². The largest absolute Gasteiger partial charge is 0.385 e. The summed E-state index contributed by atoms with van der Waals surface area (Å²) in [5, 5.41) is 2.39. The topological polar surface area (TPSA) is 58.6 Å². The Hall–Kier alpha value is -1.88. The number of carbonyl (C=O) groups is 2. The maximum Gasteiger partial charge on any atom is 0.325 e. The van der Waals surface area contributed by atoms with Crippen LogP contribution in [0, 0.1) is 0 Å². The van der Waals surface area contributed by atoms with Crippen molar-refractivity contribution in [1.29, 1.82) is 0 Å². The third kappa shape index (κ3) is 2.33. The molecule has 1 aromatic rings. The Bertz CT molecular complexity index is 475. The van der Waals surface area contributed by atoms with Crippen molar-refractivity contribution in [2.24, 2.45) is 0 Å². The molecule has 2 rings (SSSR count). The van der Waals surface area contributed by atoms with Crippen LogP contribution in [0.3, 0.4) is 0 Å². The average molecular weight is 262 g/mol. The van der Waals surface area contributed by atoms with Gasteiger partial charge in [0.15, 0.2) is 0 Å². The minimum Gasteiger partial charge on any atom is -0.385 e. The van der Waals surface area contributed by atoms with Gasteiger partial charge in [0.05, 0.1) is 0 Å². The van der Waals surface area contributed by atoms with Crippen molar-refractivity contribution in [2.45, 2.75) is 18.9 Å². The smallest absolute Gasteiger partial charge is 0.325 e. The highest BCUT2D eigenvalue weighted by Crippen LogP contribution is 2.32. The molecule has 1 aromatic carbocycles. The number of nitrogens with zero attached hydrogens (tertiary/aromatic N) is 1. The van der Waals surface area contributed by atoms with Crippen LogP contribution in [0.15, 0.2) is 30.3 Å². The number of urea groups is 1. The van der Waals surface area contributed by atoms with E-state index >= 15 is 0 Å². The SMILES string of the molecule is COCCCN1C(=O)NC(=O)C1(C)c1ccccc1. The normalized spacial score (nSPS) is 22.7. The molecular weight excluding hydrogens is 244 g/mol. The number of rotatable bonds is 5. The highest BCUT2D eigenvalue weighted by Gasteiger charge is 2.49. The summed E-state index contributed by atoms with van der Waals surface area (Å²) in [6.07, 6.45) is 0.694. The van der Waals surface area contributed by atoms with Gasteiger partial charge in [-0.25, -0.2) is 4.79 Å². The van der Waals surface area contributed by atoms with Crippen LogP contribution < -0.4 is 5.32 Å². The number of hydrogen-bond acceptors (Lipinski definition) is 3. The molecule has 0 bridgehead atoms. The fraction of sp³-hybridized carbons (Fsp3) is 0.429. The quantitative estimate of drug-likeness (QED) is 0.646. The summed E-state index contributed by atoms with van der Waals surface area (Å²) in [4.78, 5) is 25.6. The second-order valence-corrected chi connectivity index (χ2v) is 4.70. The zero-order valence-corrected chi connectivity index (χ0v) is 11.2. The fourth-order valence-electron chi connectivity index (χ4n) is 2.35. The molecule has 0 radical (unpaired) electrons. The predicted molar refractivity (Wildman–Crippen MR) is 70.5 cm³/mol. The molecular formula is C14H18N2O3. The predicted octanol–water partition coefficient (Wildman–Crippen LogP) is 1.49. The van der Waals surface area contributed by atoms with Crippen LogP contribution in [0.4, 0.5) is 4.79 Å². The summed E-state index contributed by atoms with van der Waals surface area (Å²) in [6, 6.07) is 9.00. The molecule has 1 heterocycles. The molecule has 1 aliphatic rings. The Labute approximate surface area is 112 Å². The Morgan fingerprint density at radius 3 is 2.58 bits per heavy atom. The highest BCUT2D eigenvalue weighted by atomic mass is 16.5. The molecule has 5 heteroatoms. The third-order valence-electron chi connectivity index (χ3n) is 3.51. The number of imide groups is 1. The van der Waals surface area contributed by atoms with Gasteiger partial charge in [0.25, 0.3) is 5.91 Å². The first-order chi connectivity index (χ1) is 9.10. The van der Waals surface area contributed by atoms with E-state index in [-0.39, 0.29) is 11.9 Å². The molecule has 0 spiro atoms. The summed E-state index contributed by atoms with van der Waals surface area (Å²) < 4.78 is 4.99. The van der Waals surface area contributed by atoms with Crippen molar-refractivity contribution in [3.05, 3.63) is 35.9 Å². The summed E-state index contributed by atoms with van der Waals surface area (Å²) in [7, 11) is 1.62. The van der Waals surface area contributed by atoms with Crippen LogP contribution in [0.2, 0.25) is 0 Å². The first-order valence-electron chi connectivity index (χ1n) is 6.28. The lowest BCUT2D eigenvalue weighted by Crippen LogP contribution is -2.45. The lowest BCUT2D eigenvalue weighted by Gasteiger charge is -2.32. The van der Waals surface area contributed by atoms with Crippen LogP contribution in [0.1, 0.15) is 18.9 Å². The number of methoxy groups -OCH3 is 1. The molecule has 102 valence electrons. The van der Waals surface area contributed by atoms with Gasteiger partial charge in [0.2, 0.25) is 0 Å². The van der Waals surface area contributed by atoms with Gasteiger partial charge in [0, 0.05) is 20.3 Å². The fourth-order valence-corrected chi connectivity index (χ4v) is 2.35. The Morgan fingerprint density at radius 2 is 1.95 bits per heavy atom. The van der Waals surface area contributed by atoms with E-state index in [9.17, 15) is 9.59 Å². The highest BCUT2D eigenvalue weighted by molar-refractivity contribution is 6.07. The number of ether oxygens (including phenoxy) is 1. The lowest BCUT2D eigenvalue weighted by atomic mass is 9.90. The molecule has 1 saturated heterocycles. The van der Waals surface area contributed by atoms with Crippen LogP contribution in [0.5, 0.6) is 0 Å². The number of hydrogen-bond donors (Lipinski definition) is 1. The first-order valence-corrected chi connectivity index (χ1v) is 6.28. The first kappa shape index (κ1) is 13.5.